The zero-order valence-electron chi connectivity index (χ0n) is 15.0. The fourth-order valence-electron chi connectivity index (χ4n) is 2.79. The van der Waals surface area contributed by atoms with Gasteiger partial charge in [0.15, 0.2) is 11.4 Å². The van der Waals surface area contributed by atoms with Crippen LogP contribution in [0.4, 0.5) is 5.69 Å². The van der Waals surface area contributed by atoms with Crippen LogP contribution in [0.2, 0.25) is 0 Å². The van der Waals surface area contributed by atoms with Crippen LogP contribution >= 0.6 is 0 Å². The molecule has 0 aromatic heterocycles. The van der Waals surface area contributed by atoms with Crippen LogP contribution in [0.1, 0.15) is 13.8 Å². The van der Waals surface area contributed by atoms with Crippen molar-refractivity contribution in [3.05, 3.63) is 34.4 Å². The van der Waals surface area contributed by atoms with E-state index in [1.807, 2.05) is 13.8 Å². The molecule has 144 valence electrons. The van der Waals surface area contributed by atoms with Crippen LogP contribution < -0.4 is 10.2 Å². The lowest BCUT2D eigenvalue weighted by atomic mass is 10.2. The molecule has 1 saturated heterocycles. The van der Waals surface area contributed by atoms with E-state index in [0.29, 0.717) is 32.1 Å². The third-order valence-electron chi connectivity index (χ3n) is 4.23. The maximum Gasteiger partial charge on any atom is 0.289 e. The predicted molar refractivity (Wildman–Crippen MR) is 95.3 cm³/mol. The quantitative estimate of drug-likeness (QED) is 0.474. The van der Waals surface area contributed by atoms with Gasteiger partial charge in [0, 0.05) is 12.6 Å². The van der Waals surface area contributed by atoms with Crippen molar-refractivity contribution in [1.82, 2.24) is 9.62 Å². The van der Waals surface area contributed by atoms with Gasteiger partial charge in [-0.25, -0.2) is 8.42 Å². The van der Waals surface area contributed by atoms with Gasteiger partial charge < -0.3 is 10.2 Å². The first-order valence-corrected chi connectivity index (χ1v) is 9.99. The third kappa shape index (κ3) is 4.99. The van der Waals surface area contributed by atoms with Gasteiger partial charge in [0.25, 0.3) is 11.6 Å². The maximum atomic E-state index is 12.8. The molecule has 0 saturated carbocycles. The first kappa shape index (κ1) is 20.3. The Morgan fingerprint density at radius 2 is 1.92 bits per heavy atom. The molecule has 0 radical (unpaired) electrons. The van der Waals surface area contributed by atoms with Crippen LogP contribution in [0.3, 0.4) is 0 Å². The van der Waals surface area contributed by atoms with E-state index in [4.69, 9.17) is 0 Å². The SMILES string of the molecule is CC(C)CNC(=O)C[NH+]1CCN(S(=O)(=O)c2ccccc2[N+](=O)[O-])CC1. The van der Waals surface area contributed by atoms with Crippen molar-refractivity contribution in [3.63, 3.8) is 0 Å². The maximum absolute atomic E-state index is 12.8. The number of nitro benzene ring substituents is 1. The number of sulfonamides is 1. The number of carbonyl (C=O) groups excluding carboxylic acids is 1. The minimum atomic E-state index is -3.93. The van der Waals surface area contributed by atoms with Crippen molar-refractivity contribution < 1.29 is 23.0 Å². The lowest BCUT2D eigenvalue weighted by Gasteiger charge is -2.31. The molecular formula is C16H25N4O5S+. The highest BCUT2D eigenvalue weighted by atomic mass is 32.2. The first-order valence-electron chi connectivity index (χ1n) is 8.55. The van der Waals surface area contributed by atoms with Crippen LogP contribution in [0, 0.1) is 16.0 Å². The Morgan fingerprint density at radius 3 is 2.50 bits per heavy atom. The summed E-state index contributed by atoms with van der Waals surface area (Å²) >= 11 is 0. The molecule has 2 N–H and O–H groups in total. The zero-order valence-corrected chi connectivity index (χ0v) is 15.8. The summed E-state index contributed by atoms with van der Waals surface area (Å²) in [5.74, 6) is 0.321. The molecule has 0 unspecified atom stereocenters. The highest BCUT2D eigenvalue weighted by Crippen LogP contribution is 2.26. The molecule has 1 aliphatic heterocycles. The molecule has 0 spiro atoms. The van der Waals surface area contributed by atoms with E-state index in [9.17, 15) is 23.3 Å². The number of piperazine rings is 1. The summed E-state index contributed by atoms with van der Waals surface area (Å²) in [6, 6.07) is 5.36. The van der Waals surface area contributed by atoms with Gasteiger partial charge >= 0.3 is 0 Å². The Hall–Kier alpha value is -2.04. The summed E-state index contributed by atoms with van der Waals surface area (Å²) < 4.78 is 26.8. The topological polar surface area (TPSA) is 114 Å². The Labute approximate surface area is 153 Å². The number of quaternary nitrogens is 1. The lowest BCUT2D eigenvalue weighted by Crippen LogP contribution is -3.15. The number of rotatable bonds is 7. The number of nitrogens with one attached hydrogen (secondary N) is 2. The monoisotopic (exact) mass is 385 g/mol. The van der Waals surface area contributed by atoms with Gasteiger partial charge in [-0.05, 0) is 12.0 Å². The van der Waals surface area contributed by atoms with Crippen LogP contribution in [0.25, 0.3) is 0 Å². The summed E-state index contributed by atoms with van der Waals surface area (Å²) in [5.41, 5.74) is -0.421. The van der Waals surface area contributed by atoms with Crippen LogP contribution in [-0.4, -0.2) is 62.8 Å². The minimum absolute atomic E-state index is 0.0521. The molecular weight excluding hydrogens is 360 g/mol. The molecule has 1 heterocycles. The number of hydrogen-bond donors (Lipinski definition) is 2. The van der Waals surface area contributed by atoms with Crippen molar-refractivity contribution in [2.45, 2.75) is 18.7 Å². The molecule has 0 bridgehead atoms. The number of benzene rings is 1. The summed E-state index contributed by atoms with van der Waals surface area (Å²) in [5, 5.41) is 14.0. The van der Waals surface area contributed by atoms with Gasteiger partial charge in [-0.2, -0.15) is 4.31 Å². The minimum Gasteiger partial charge on any atom is -0.351 e. The number of hydrogen-bond acceptors (Lipinski definition) is 5. The van der Waals surface area contributed by atoms with E-state index >= 15 is 0 Å². The molecule has 1 aliphatic rings. The molecule has 1 amide bonds. The molecule has 2 rings (SSSR count). The number of carbonyl (C=O) groups is 1. The Bertz CT molecular complexity index is 758. The summed E-state index contributed by atoms with van der Waals surface area (Å²) in [7, 11) is -3.93. The smallest absolute Gasteiger partial charge is 0.289 e. The van der Waals surface area contributed by atoms with E-state index in [1.54, 1.807) is 0 Å². The Kier molecular flexibility index (Phi) is 6.68. The summed E-state index contributed by atoms with van der Waals surface area (Å²) in [4.78, 5) is 23.0. The van der Waals surface area contributed by atoms with Crippen molar-refractivity contribution in [3.8, 4) is 0 Å². The van der Waals surface area contributed by atoms with Gasteiger partial charge in [0.1, 0.15) is 0 Å². The molecule has 1 aromatic rings. The van der Waals surface area contributed by atoms with Gasteiger partial charge in [0.2, 0.25) is 10.0 Å². The number of nitrogens with zero attached hydrogens (tertiary/aromatic N) is 2. The average molecular weight is 385 g/mol. The van der Waals surface area contributed by atoms with Gasteiger partial charge in [-0.15, -0.1) is 0 Å². The van der Waals surface area contributed by atoms with Crippen molar-refractivity contribution >= 4 is 21.6 Å². The fourth-order valence-corrected chi connectivity index (χ4v) is 4.39. The van der Waals surface area contributed by atoms with E-state index in [1.165, 1.54) is 28.6 Å². The average Bonchev–Trinajstić information content (AvgIpc) is 2.60. The number of amides is 1. The second-order valence-corrected chi connectivity index (χ2v) is 8.66. The molecule has 1 aromatic carbocycles. The van der Waals surface area contributed by atoms with E-state index in [0.717, 1.165) is 4.90 Å². The second kappa shape index (κ2) is 8.56. The number of nitro groups is 1. The highest BCUT2D eigenvalue weighted by Gasteiger charge is 2.35. The molecule has 0 aliphatic carbocycles. The van der Waals surface area contributed by atoms with Crippen molar-refractivity contribution in [2.24, 2.45) is 5.92 Å². The fraction of sp³-hybridized carbons (Fsp3) is 0.562. The van der Waals surface area contributed by atoms with E-state index < -0.39 is 20.6 Å². The van der Waals surface area contributed by atoms with Crippen LogP contribution in [-0.2, 0) is 14.8 Å². The largest absolute Gasteiger partial charge is 0.351 e. The lowest BCUT2D eigenvalue weighted by molar-refractivity contribution is -0.895. The summed E-state index contributed by atoms with van der Waals surface area (Å²) in [6.07, 6.45) is 0. The predicted octanol–water partition coefficient (Wildman–Crippen LogP) is -0.744. The Morgan fingerprint density at radius 1 is 1.31 bits per heavy atom. The second-order valence-electron chi connectivity index (χ2n) is 6.75. The number of para-hydroxylation sites is 1. The highest BCUT2D eigenvalue weighted by molar-refractivity contribution is 7.89. The third-order valence-corrected chi connectivity index (χ3v) is 6.17. The molecule has 26 heavy (non-hydrogen) atoms. The Balaban J connectivity index is 1.99. The van der Waals surface area contributed by atoms with Crippen LogP contribution in [0.15, 0.2) is 29.2 Å². The van der Waals surface area contributed by atoms with E-state index in [-0.39, 0.29) is 23.9 Å². The zero-order chi connectivity index (χ0) is 19.3. The molecule has 1 fully saturated rings. The standard InChI is InChI=1S/C16H24N4O5S/c1-13(2)11-17-16(21)12-18-7-9-19(10-8-18)26(24,25)15-6-4-3-5-14(15)20(22)23/h3-6,13H,7-12H2,1-2H3,(H,17,21)/p+1. The van der Waals surface area contributed by atoms with Crippen molar-refractivity contribution in [2.75, 3.05) is 39.3 Å². The molecule has 10 heteroatoms. The van der Waals surface area contributed by atoms with Crippen LogP contribution in [0.5, 0.6) is 0 Å². The van der Waals surface area contributed by atoms with Gasteiger partial charge in [-0.3, -0.25) is 14.9 Å². The van der Waals surface area contributed by atoms with Crippen molar-refractivity contribution in [1.29, 1.82) is 0 Å². The molecule has 0 atom stereocenters. The van der Waals surface area contributed by atoms with Gasteiger partial charge in [0.05, 0.1) is 31.1 Å². The summed E-state index contributed by atoms with van der Waals surface area (Å²) in [6.45, 7) is 6.35. The normalized spacial score (nSPS) is 16.6. The van der Waals surface area contributed by atoms with E-state index in [2.05, 4.69) is 5.32 Å². The van der Waals surface area contributed by atoms with Gasteiger partial charge in [-0.1, -0.05) is 26.0 Å². The first-order chi connectivity index (χ1) is 12.2. The molecule has 9 nitrogen and oxygen atoms in total.